The van der Waals surface area contributed by atoms with Crippen LogP contribution in [0.15, 0.2) is 72.9 Å². The maximum atomic E-state index is 12.6. The number of benzene rings is 2. The average Bonchev–Trinajstić information content (AvgIpc) is 3.01. The molecule has 2 heterocycles. The molecular weight excluding hydrogens is 348 g/mol. The van der Waals surface area contributed by atoms with Crippen molar-refractivity contribution >= 4 is 34.4 Å². The maximum absolute atomic E-state index is 12.6. The topological polar surface area (TPSA) is 59.8 Å². The van der Waals surface area contributed by atoms with Crippen LogP contribution in [0, 0.1) is 0 Å². The van der Waals surface area contributed by atoms with E-state index in [2.05, 4.69) is 15.3 Å². The number of amides is 1. The smallest absolute Gasteiger partial charge is 0.244 e. The predicted molar refractivity (Wildman–Crippen MR) is 103 cm³/mol. The fourth-order valence-corrected chi connectivity index (χ4v) is 3.01. The normalized spacial score (nSPS) is 10.8. The van der Waals surface area contributed by atoms with E-state index in [1.54, 1.807) is 16.8 Å². The minimum absolute atomic E-state index is 0.101. The van der Waals surface area contributed by atoms with E-state index in [0.29, 0.717) is 16.5 Å². The highest BCUT2D eigenvalue weighted by molar-refractivity contribution is 6.30. The number of carbonyl (C=O) groups is 1. The van der Waals surface area contributed by atoms with Crippen LogP contribution < -0.4 is 5.32 Å². The zero-order chi connectivity index (χ0) is 17.9. The van der Waals surface area contributed by atoms with Gasteiger partial charge in [-0.3, -0.25) is 9.36 Å². The number of hydrogen-bond donors (Lipinski definition) is 1. The molecule has 4 rings (SSSR count). The van der Waals surface area contributed by atoms with E-state index >= 15 is 0 Å². The third-order valence-electron chi connectivity index (χ3n) is 3.95. The summed E-state index contributed by atoms with van der Waals surface area (Å²) < 4.78 is 1.80. The molecule has 26 heavy (non-hydrogen) atoms. The van der Waals surface area contributed by atoms with Crippen molar-refractivity contribution in [3.05, 3.63) is 77.9 Å². The van der Waals surface area contributed by atoms with Gasteiger partial charge in [-0.05, 0) is 36.4 Å². The van der Waals surface area contributed by atoms with E-state index in [-0.39, 0.29) is 12.5 Å². The molecule has 2 aromatic heterocycles. The van der Waals surface area contributed by atoms with Gasteiger partial charge in [0, 0.05) is 22.5 Å². The van der Waals surface area contributed by atoms with Crippen LogP contribution in [-0.4, -0.2) is 20.4 Å². The minimum atomic E-state index is -0.149. The molecule has 0 atom stereocenters. The van der Waals surface area contributed by atoms with Crippen molar-refractivity contribution in [2.24, 2.45) is 0 Å². The third-order valence-corrected chi connectivity index (χ3v) is 4.18. The largest absolute Gasteiger partial charge is 0.325 e. The van der Waals surface area contributed by atoms with Crippen molar-refractivity contribution in [2.75, 3.05) is 5.32 Å². The molecule has 4 aromatic rings. The van der Waals surface area contributed by atoms with E-state index in [0.717, 1.165) is 16.8 Å². The molecule has 0 unspecified atom stereocenters. The number of pyridine rings is 1. The average molecular weight is 363 g/mol. The van der Waals surface area contributed by atoms with Crippen molar-refractivity contribution in [1.29, 1.82) is 0 Å². The summed E-state index contributed by atoms with van der Waals surface area (Å²) in [6, 6.07) is 20.5. The lowest BCUT2D eigenvalue weighted by Crippen LogP contribution is -2.19. The van der Waals surface area contributed by atoms with Gasteiger partial charge in [-0.2, -0.15) is 0 Å². The number of hydrogen-bond acceptors (Lipinski definition) is 3. The van der Waals surface area contributed by atoms with Crippen LogP contribution in [0.1, 0.15) is 0 Å². The maximum Gasteiger partial charge on any atom is 0.244 e. The zero-order valence-corrected chi connectivity index (χ0v) is 14.5. The molecular formula is C20H15ClN4O. The highest BCUT2D eigenvalue weighted by Gasteiger charge is 2.16. The van der Waals surface area contributed by atoms with E-state index < -0.39 is 0 Å². The molecule has 1 amide bonds. The number of aromatic nitrogens is 3. The first-order chi connectivity index (χ1) is 12.7. The Bertz CT molecular complexity index is 1080. The number of nitrogens with one attached hydrogen (secondary N) is 1. The lowest BCUT2D eigenvalue weighted by molar-refractivity contribution is -0.116. The highest BCUT2D eigenvalue weighted by atomic mass is 35.5. The second kappa shape index (κ2) is 6.98. The van der Waals surface area contributed by atoms with Gasteiger partial charge < -0.3 is 5.32 Å². The molecule has 0 spiro atoms. The van der Waals surface area contributed by atoms with Gasteiger partial charge in [-0.1, -0.05) is 41.9 Å². The summed E-state index contributed by atoms with van der Waals surface area (Å²) in [5.41, 5.74) is 2.97. The second-order valence-corrected chi connectivity index (χ2v) is 6.23. The van der Waals surface area contributed by atoms with Crippen molar-refractivity contribution in [3.8, 4) is 11.4 Å². The van der Waals surface area contributed by atoms with Crippen molar-refractivity contribution in [1.82, 2.24) is 14.5 Å². The minimum Gasteiger partial charge on any atom is -0.325 e. The van der Waals surface area contributed by atoms with Crippen LogP contribution in [0.5, 0.6) is 0 Å². The summed E-state index contributed by atoms with van der Waals surface area (Å²) in [7, 11) is 0. The molecule has 0 fully saturated rings. The molecule has 0 aliphatic heterocycles. The fraction of sp³-hybridized carbons (Fsp3) is 0.0500. The van der Waals surface area contributed by atoms with Gasteiger partial charge in [0.1, 0.15) is 17.9 Å². The predicted octanol–water partition coefficient (Wildman–Crippen LogP) is 4.39. The first kappa shape index (κ1) is 16.3. The highest BCUT2D eigenvalue weighted by Crippen LogP contribution is 2.25. The monoisotopic (exact) mass is 362 g/mol. The van der Waals surface area contributed by atoms with Crippen LogP contribution in [0.25, 0.3) is 22.6 Å². The molecule has 0 saturated carbocycles. The van der Waals surface area contributed by atoms with Crippen LogP contribution in [0.2, 0.25) is 5.02 Å². The Morgan fingerprint density at radius 1 is 1.04 bits per heavy atom. The standard InChI is InChI=1S/C20H15ClN4O/c21-15-7-4-6-14(12-15)19-24-17-10-5-11-22-20(17)25(19)13-18(26)23-16-8-2-1-3-9-16/h1-12H,13H2,(H,23,26). The molecule has 0 radical (unpaired) electrons. The van der Waals surface area contributed by atoms with E-state index in [4.69, 9.17) is 11.6 Å². The molecule has 0 aliphatic carbocycles. The van der Waals surface area contributed by atoms with Crippen molar-refractivity contribution < 1.29 is 4.79 Å². The summed E-state index contributed by atoms with van der Waals surface area (Å²) >= 11 is 6.13. The fourth-order valence-electron chi connectivity index (χ4n) is 2.82. The number of halogens is 1. The molecule has 2 aromatic carbocycles. The number of carbonyl (C=O) groups excluding carboxylic acids is 1. The quantitative estimate of drug-likeness (QED) is 0.585. The lowest BCUT2D eigenvalue weighted by Gasteiger charge is -2.10. The van der Waals surface area contributed by atoms with Crippen molar-refractivity contribution in [3.63, 3.8) is 0 Å². The van der Waals surface area contributed by atoms with Crippen molar-refractivity contribution in [2.45, 2.75) is 6.54 Å². The summed E-state index contributed by atoms with van der Waals surface area (Å²) in [6.07, 6.45) is 1.69. The van der Waals surface area contributed by atoms with E-state index in [1.807, 2.05) is 60.7 Å². The Hall–Kier alpha value is -3.18. The van der Waals surface area contributed by atoms with Crippen LogP contribution in [-0.2, 0) is 11.3 Å². The number of imidazole rings is 1. The number of nitrogens with zero attached hydrogens (tertiary/aromatic N) is 3. The Kier molecular flexibility index (Phi) is 4.37. The molecule has 0 bridgehead atoms. The van der Waals surface area contributed by atoms with Gasteiger partial charge in [0.05, 0.1) is 0 Å². The van der Waals surface area contributed by atoms with Gasteiger partial charge in [0.2, 0.25) is 5.91 Å². The van der Waals surface area contributed by atoms with Gasteiger partial charge in [0.15, 0.2) is 5.65 Å². The Labute approximate surface area is 155 Å². The number of anilines is 1. The summed E-state index contributed by atoms with van der Waals surface area (Å²) in [5.74, 6) is 0.508. The summed E-state index contributed by atoms with van der Waals surface area (Å²) in [4.78, 5) is 21.6. The molecule has 0 saturated heterocycles. The summed E-state index contributed by atoms with van der Waals surface area (Å²) in [5, 5.41) is 3.51. The molecule has 1 N–H and O–H groups in total. The third kappa shape index (κ3) is 3.30. The van der Waals surface area contributed by atoms with Crippen LogP contribution in [0.3, 0.4) is 0 Å². The molecule has 5 nitrogen and oxygen atoms in total. The zero-order valence-electron chi connectivity index (χ0n) is 13.8. The molecule has 0 aliphatic rings. The van der Waals surface area contributed by atoms with Gasteiger partial charge in [-0.15, -0.1) is 0 Å². The second-order valence-electron chi connectivity index (χ2n) is 5.79. The van der Waals surface area contributed by atoms with Crippen LogP contribution >= 0.6 is 11.6 Å². The number of para-hydroxylation sites is 1. The first-order valence-corrected chi connectivity index (χ1v) is 8.50. The van der Waals surface area contributed by atoms with Gasteiger partial charge in [-0.25, -0.2) is 9.97 Å². The Balaban J connectivity index is 1.73. The first-order valence-electron chi connectivity index (χ1n) is 8.13. The Morgan fingerprint density at radius 3 is 2.69 bits per heavy atom. The van der Waals surface area contributed by atoms with Crippen LogP contribution in [0.4, 0.5) is 5.69 Å². The number of fused-ring (bicyclic) bond motifs is 1. The van der Waals surface area contributed by atoms with Gasteiger partial charge in [0.25, 0.3) is 0 Å². The summed E-state index contributed by atoms with van der Waals surface area (Å²) in [6.45, 7) is 0.101. The van der Waals surface area contributed by atoms with Gasteiger partial charge >= 0.3 is 0 Å². The number of rotatable bonds is 4. The van der Waals surface area contributed by atoms with E-state index in [1.165, 1.54) is 0 Å². The Morgan fingerprint density at radius 2 is 1.88 bits per heavy atom. The van der Waals surface area contributed by atoms with E-state index in [9.17, 15) is 4.79 Å². The molecule has 6 heteroatoms. The SMILES string of the molecule is O=C(Cn1c(-c2cccc(Cl)c2)nc2cccnc21)Nc1ccccc1. The molecule has 128 valence electrons. The lowest BCUT2D eigenvalue weighted by atomic mass is 10.2.